The monoisotopic (exact) mass is 404 g/mol. The lowest BCUT2D eigenvalue weighted by Crippen LogP contribution is -2.23. The van der Waals surface area contributed by atoms with Gasteiger partial charge in [-0.2, -0.15) is 0 Å². The first-order chi connectivity index (χ1) is 13.7. The Hall–Kier alpha value is -2.95. The summed E-state index contributed by atoms with van der Waals surface area (Å²) in [6.07, 6.45) is 0. The molecule has 28 heavy (non-hydrogen) atoms. The molecule has 5 heteroatoms. The summed E-state index contributed by atoms with van der Waals surface area (Å²) in [5.41, 5.74) is 4.66. The predicted octanol–water partition coefficient (Wildman–Crippen LogP) is 6.06. The van der Waals surface area contributed by atoms with Crippen LogP contribution in [0.1, 0.15) is 15.9 Å². The highest BCUT2D eigenvalue weighted by Gasteiger charge is 2.10. The smallest absolute Gasteiger partial charge is 0.253 e. The molecule has 3 aromatic carbocycles. The van der Waals surface area contributed by atoms with Crippen LogP contribution in [0, 0.1) is 0 Å². The van der Waals surface area contributed by atoms with Gasteiger partial charge < -0.3 is 5.32 Å². The fraction of sp³-hybridized carbons (Fsp3) is 0.0435. The molecule has 0 aliphatic rings. The average Bonchev–Trinajstić information content (AvgIpc) is 3.24. The second-order valence-corrected chi connectivity index (χ2v) is 7.53. The van der Waals surface area contributed by atoms with Crippen LogP contribution >= 0.6 is 22.9 Å². The fourth-order valence-corrected chi connectivity index (χ4v) is 3.89. The Labute approximate surface area is 172 Å². The molecular weight excluding hydrogens is 388 g/mol. The summed E-state index contributed by atoms with van der Waals surface area (Å²) >= 11 is 7.69. The normalized spacial score (nSPS) is 10.6. The third-order valence-corrected chi connectivity index (χ3v) is 5.57. The van der Waals surface area contributed by atoms with Gasteiger partial charge >= 0.3 is 0 Å². The Morgan fingerprint density at radius 1 is 0.893 bits per heavy atom. The van der Waals surface area contributed by atoms with Crippen LogP contribution in [0.15, 0.2) is 84.2 Å². The average molecular weight is 405 g/mol. The van der Waals surface area contributed by atoms with Crippen LogP contribution in [0.5, 0.6) is 0 Å². The van der Waals surface area contributed by atoms with Crippen molar-refractivity contribution in [3.63, 3.8) is 0 Å². The van der Waals surface area contributed by atoms with E-state index in [4.69, 9.17) is 16.6 Å². The Morgan fingerprint density at radius 3 is 2.36 bits per heavy atom. The second kappa shape index (κ2) is 8.38. The molecule has 0 bridgehead atoms. The molecule has 0 atom stereocenters. The molecule has 0 aliphatic heterocycles. The lowest BCUT2D eigenvalue weighted by molar-refractivity contribution is 0.0951. The van der Waals surface area contributed by atoms with Crippen molar-refractivity contribution in [1.29, 1.82) is 0 Å². The minimum absolute atomic E-state index is 0.179. The number of amides is 1. The molecule has 4 aromatic rings. The van der Waals surface area contributed by atoms with Crippen LogP contribution < -0.4 is 5.32 Å². The molecule has 0 saturated carbocycles. The molecule has 0 fully saturated rings. The number of nitrogens with one attached hydrogen (secondary N) is 1. The summed E-state index contributed by atoms with van der Waals surface area (Å²) in [7, 11) is 0. The van der Waals surface area contributed by atoms with Crippen LogP contribution in [-0.4, -0.2) is 10.9 Å². The highest BCUT2D eigenvalue weighted by atomic mass is 35.5. The lowest BCUT2D eigenvalue weighted by atomic mass is 10.1. The van der Waals surface area contributed by atoms with Crippen molar-refractivity contribution in [3.8, 4) is 21.8 Å². The second-order valence-electron chi connectivity index (χ2n) is 6.26. The summed E-state index contributed by atoms with van der Waals surface area (Å²) < 4.78 is 0. The predicted molar refractivity (Wildman–Crippen MR) is 116 cm³/mol. The summed E-state index contributed by atoms with van der Waals surface area (Å²) in [5.74, 6) is -0.179. The van der Waals surface area contributed by atoms with E-state index in [9.17, 15) is 4.79 Å². The van der Waals surface area contributed by atoms with E-state index in [1.54, 1.807) is 35.6 Å². The lowest BCUT2D eigenvalue weighted by Gasteiger charge is -2.07. The van der Waals surface area contributed by atoms with Gasteiger partial charge in [-0.1, -0.05) is 78.3 Å². The largest absolute Gasteiger partial charge is 0.348 e. The molecule has 0 saturated heterocycles. The van der Waals surface area contributed by atoms with Crippen molar-refractivity contribution in [2.75, 3.05) is 0 Å². The molecular formula is C23H17ClN2OS. The van der Waals surface area contributed by atoms with Crippen molar-refractivity contribution in [2.24, 2.45) is 0 Å². The van der Waals surface area contributed by atoms with E-state index in [0.717, 1.165) is 27.4 Å². The third-order valence-electron chi connectivity index (χ3n) is 4.35. The SMILES string of the molecule is O=C(NCc1ccc(-c2nc(-c3ccccc3)cs2)cc1)c1ccccc1Cl. The molecule has 1 amide bonds. The molecule has 1 heterocycles. The number of hydrogen-bond donors (Lipinski definition) is 1. The Morgan fingerprint density at radius 2 is 1.61 bits per heavy atom. The molecule has 0 spiro atoms. The van der Waals surface area contributed by atoms with Gasteiger partial charge in [0.2, 0.25) is 0 Å². The first-order valence-corrected chi connectivity index (χ1v) is 10.1. The zero-order chi connectivity index (χ0) is 19.3. The standard InChI is InChI=1S/C23H17ClN2OS/c24-20-9-5-4-8-19(20)22(27)25-14-16-10-12-18(13-11-16)23-26-21(15-28-23)17-6-2-1-3-7-17/h1-13,15H,14H2,(H,25,27). The molecule has 138 valence electrons. The summed E-state index contributed by atoms with van der Waals surface area (Å²) in [6, 6.07) is 25.3. The van der Waals surface area contributed by atoms with Gasteiger partial charge in [0.05, 0.1) is 16.3 Å². The van der Waals surface area contributed by atoms with Gasteiger partial charge in [-0.05, 0) is 17.7 Å². The van der Waals surface area contributed by atoms with Gasteiger partial charge in [0.1, 0.15) is 5.01 Å². The van der Waals surface area contributed by atoms with Crippen molar-refractivity contribution in [2.45, 2.75) is 6.54 Å². The first kappa shape index (κ1) is 18.4. The number of aromatic nitrogens is 1. The molecule has 4 rings (SSSR count). The quantitative estimate of drug-likeness (QED) is 0.439. The number of thiazole rings is 1. The van der Waals surface area contributed by atoms with Crippen molar-refractivity contribution in [1.82, 2.24) is 10.3 Å². The van der Waals surface area contributed by atoms with Crippen LogP contribution in [0.3, 0.4) is 0 Å². The van der Waals surface area contributed by atoms with Crippen molar-refractivity contribution < 1.29 is 4.79 Å². The first-order valence-electron chi connectivity index (χ1n) is 8.84. The zero-order valence-corrected chi connectivity index (χ0v) is 16.5. The van der Waals surface area contributed by atoms with Gasteiger partial charge in [0, 0.05) is 23.1 Å². The topological polar surface area (TPSA) is 42.0 Å². The number of carbonyl (C=O) groups excluding carboxylic acids is 1. The molecule has 0 unspecified atom stereocenters. The Balaban J connectivity index is 1.42. The molecule has 0 aliphatic carbocycles. The maximum Gasteiger partial charge on any atom is 0.253 e. The Bertz CT molecular complexity index is 1090. The fourth-order valence-electron chi connectivity index (χ4n) is 2.84. The third kappa shape index (κ3) is 4.14. The molecule has 3 nitrogen and oxygen atoms in total. The number of rotatable bonds is 5. The van der Waals surface area contributed by atoms with Gasteiger partial charge in [-0.3, -0.25) is 4.79 Å². The van der Waals surface area contributed by atoms with Crippen molar-refractivity contribution >= 4 is 28.8 Å². The van der Waals surface area contributed by atoms with Gasteiger partial charge in [0.15, 0.2) is 0 Å². The number of benzene rings is 3. The summed E-state index contributed by atoms with van der Waals surface area (Å²) in [6.45, 7) is 0.442. The minimum atomic E-state index is -0.179. The number of hydrogen-bond acceptors (Lipinski definition) is 3. The molecule has 1 aromatic heterocycles. The van der Waals surface area contributed by atoms with E-state index in [2.05, 4.69) is 22.8 Å². The maximum atomic E-state index is 12.3. The van der Waals surface area contributed by atoms with Crippen molar-refractivity contribution in [3.05, 3.63) is 100 Å². The highest BCUT2D eigenvalue weighted by molar-refractivity contribution is 7.13. The van der Waals surface area contributed by atoms with E-state index < -0.39 is 0 Å². The maximum absolute atomic E-state index is 12.3. The van der Waals surface area contributed by atoms with E-state index in [-0.39, 0.29) is 5.91 Å². The number of nitrogens with zero attached hydrogens (tertiary/aromatic N) is 1. The van der Waals surface area contributed by atoms with E-state index in [1.807, 2.05) is 42.5 Å². The van der Waals surface area contributed by atoms with Gasteiger partial charge in [-0.25, -0.2) is 4.98 Å². The number of halogens is 1. The Kier molecular flexibility index (Phi) is 5.51. The van der Waals surface area contributed by atoms with Crippen LogP contribution in [0.2, 0.25) is 5.02 Å². The van der Waals surface area contributed by atoms with Gasteiger partial charge in [0.25, 0.3) is 5.91 Å². The van der Waals surface area contributed by atoms with Crippen LogP contribution in [-0.2, 0) is 6.54 Å². The minimum Gasteiger partial charge on any atom is -0.348 e. The summed E-state index contributed by atoms with van der Waals surface area (Å²) in [5, 5.41) is 6.41. The van der Waals surface area contributed by atoms with Gasteiger partial charge in [-0.15, -0.1) is 11.3 Å². The van der Waals surface area contributed by atoms with E-state index in [1.165, 1.54) is 0 Å². The zero-order valence-electron chi connectivity index (χ0n) is 14.9. The highest BCUT2D eigenvalue weighted by Crippen LogP contribution is 2.29. The molecule has 1 N–H and O–H groups in total. The molecule has 0 radical (unpaired) electrons. The summed E-state index contributed by atoms with van der Waals surface area (Å²) in [4.78, 5) is 17.0. The van der Waals surface area contributed by atoms with Crippen LogP contribution in [0.4, 0.5) is 0 Å². The van der Waals surface area contributed by atoms with Crippen LogP contribution in [0.25, 0.3) is 21.8 Å². The number of carbonyl (C=O) groups is 1. The van der Waals surface area contributed by atoms with E-state index in [0.29, 0.717) is 17.1 Å². The van der Waals surface area contributed by atoms with E-state index >= 15 is 0 Å².